The third kappa shape index (κ3) is 6.08. The fraction of sp³-hybridized carbons (Fsp3) is 0.320. The van der Waals surface area contributed by atoms with Gasteiger partial charge in [0.2, 0.25) is 22.9 Å². The Morgan fingerprint density at radius 1 is 1.03 bits per heavy atom. The van der Waals surface area contributed by atoms with Crippen molar-refractivity contribution in [2.75, 3.05) is 53.6 Å². The molecule has 1 aromatic heterocycles. The highest BCUT2D eigenvalue weighted by molar-refractivity contribution is 8.01. The molecule has 3 heterocycles. The minimum Gasteiger partial charge on any atom is -0.343 e. The molecule has 2 saturated heterocycles. The predicted molar refractivity (Wildman–Crippen MR) is 141 cm³/mol. The first-order valence-corrected chi connectivity index (χ1v) is 13.7. The summed E-state index contributed by atoms with van der Waals surface area (Å²) in [4.78, 5) is 43.2. The van der Waals surface area contributed by atoms with Crippen molar-refractivity contribution >= 4 is 57.3 Å². The van der Waals surface area contributed by atoms with Gasteiger partial charge in [-0.1, -0.05) is 41.3 Å². The van der Waals surface area contributed by atoms with Crippen LogP contribution in [0.4, 0.5) is 20.9 Å². The molecule has 0 saturated carbocycles. The number of amides is 3. The molecule has 2 fully saturated rings. The van der Waals surface area contributed by atoms with Crippen LogP contribution in [-0.4, -0.2) is 71.3 Å². The summed E-state index contributed by atoms with van der Waals surface area (Å²) in [7, 11) is 0. The van der Waals surface area contributed by atoms with Crippen molar-refractivity contribution in [2.24, 2.45) is 5.92 Å². The monoisotopic (exact) mass is 540 g/mol. The Morgan fingerprint density at radius 3 is 2.49 bits per heavy atom. The summed E-state index contributed by atoms with van der Waals surface area (Å²) in [6.45, 7) is 2.59. The summed E-state index contributed by atoms with van der Waals surface area (Å²) in [5.74, 6) is -0.800. The zero-order valence-corrected chi connectivity index (χ0v) is 21.5. The lowest BCUT2D eigenvalue weighted by molar-refractivity contribution is -0.136. The van der Waals surface area contributed by atoms with Gasteiger partial charge in [0.1, 0.15) is 5.82 Å². The molecule has 37 heavy (non-hydrogen) atoms. The molecule has 192 valence electrons. The summed E-state index contributed by atoms with van der Waals surface area (Å²) in [5, 5.41) is 12.1. The van der Waals surface area contributed by atoms with E-state index >= 15 is 0 Å². The summed E-state index contributed by atoms with van der Waals surface area (Å²) >= 11 is 2.77. The molecule has 1 N–H and O–H groups in total. The number of benzene rings is 2. The van der Waals surface area contributed by atoms with Crippen molar-refractivity contribution in [1.82, 2.24) is 15.1 Å². The van der Waals surface area contributed by atoms with Crippen LogP contribution >= 0.6 is 23.1 Å². The lowest BCUT2D eigenvalue weighted by atomic mass is 10.1. The molecule has 2 aromatic carbocycles. The number of para-hydroxylation sites is 1. The van der Waals surface area contributed by atoms with Gasteiger partial charge in [-0.3, -0.25) is 14.4 Å². The number of halogens is 1. The van der Waals surface area contributed by atoms with Crippen LogP contribution in [0.25, 0.3) is 0 Å². The highest BCUT2D eigenvalue weighted by Crippen LogP contribution is 2.30. The first-order valence-electron chi connectivity index (χ1n) is 11.9. The topological polar surface area (TPSA) is 98.7 Å². The molecule has 0 bridgehead atoms. The largest absolute Gasteiger partial charge is 0.343 e. The number of nitrogens with one attached hydrogen (secondary N) is 1. The summed E-state index contributed by atoms with van der Waals surface area (Å²) < 4.78 is 13.9. The molecule has 9 nitrogen and oxygen atoms in total. The van der Waals surface area contributed by atoms with Gasteiger partial charge in [-0.2, -0.15) is 0 Å². The number of thioether (sulfide) groups is 1. The number of carbonyl (C=O) groups is 3. The molecule has 0 spiro atoms. The quantitative estimate of drug-likeness (QED) is 0.460. The number of piperazine rings is 1. The summed E-state index contributed by atoms with van der Waals surface area (Å²) in [6.07, 6.45) is 0.158. The second kappa shape index (κ2) is 11.3. The van der Waals surface area contributed by atoms with E-state index in [0.29, 0.717) is 42.8 Å². The van der Waals surface area contributed by atoms with Gasteiger partial charge < -0.3 is 20.0 Å². The zero-order chi connectivity index (χ0) is 25.8. The maximum atomic E-state index is 13.2. The molecule has 5 rings (SSSR count). The van der Waals surface area contributed by atoms with E-state index in [1.165, 1.54) is 35.2 Å². The van der Waals surface area contributed by atoms with Crippen molar-refractivity contribution in [2.45, 2.75) is 10.8 Å². The lowest BCUT2D eigenvalue weighted by Gasteiger charge is -2.35. The standard InChI is InChI=1S/C25H25FN6O3S2/c26-18-6-8-20(9-7-18)32-15-17(14-22(32)34)23(35)30-10-12-31(13-11-30)24-28-29-25(37-24)36-16-21(33)27-19-4-2-1-3-5-19/h1-9,17H,10-16H2,(H,27,33). The molecule has 3 amide bonds. The van der Waals surface area contributed by atoms with E-state index in [-0.39, 0.29) is 35.7 Å². The van der Waals surface area contributed by atoms with Crippen LogP contribution in [0, 0.1) is 11.7 Å². The number of hydrogen-bond donors (Lipinski definition) is 1. The minimum absolute atomic E-state index is 0.0319. The Morgan fingerprint density at radius 2 is 1.76 bits per heavy atom. The van der Waals surface area contributed by atoms with Crippen LogP contribution in [0.15, 0.2) is 58.9 Å². The average Bonchev–Trinajstić information content (AvgIpc) is 3.55. The third-order valence-electron chi connectivity index (χ3n) is 6.25. The lowest BCUT2D eigenvalue weighted by Crippen LogP contribution is -2.50. The number of hydrogen-bond acceptors (Lipinski definition) is 8. The summed E-state index contributed by atoms with van der Waals surface area (Å²) in [6, 6.07) is 15.0. The predicted octanol–water partition coefficient (Wildman–Crippen LogP) is 3.11. The van der Waals surface area contributed by atoms with Crippen LogP contribution in [0.2, 0.25) is 0 Å². The van der Waals surface area contributed by atoms with Crippen LogP contribution in [0.5, 0.6) is 0 Å². The normalized spacial score (nSPS) is 17.8. The third-order valence-corrected chi connectivity index (χ3v) is 8.37. The second-order valence-corrected chi connectivity index (χ2v) is 10.9. The molecule has 0 aliphatic carbocycles. The molecule has 1 atom stereocenters. The van der Waals surface area contributed by atoms with Crippen LogP contribution in [0.1, 0.15) is 6.42 Å². The van der Waals surface area contributed by atoms with Gasteiger partial charge in [0.25, 0.3) is 0 Å². The number of rotatable bonds is 7. The highest BCUT2D eigenvalue weighted by atomic mass is 32.2. The van der Waals surface area contributed by atoms with E-state index in [9.17, 15) is 18.8 Å². The van der Waals surface area contributed by atoms with Crippen LogP contribution in [0.3, 0.4) is 0 Å². The molecule has 3 aromatic rings. The fourth-order valence-electron chi connectivity index (χ4n) is 4.35. The molecule has 12 heteroatoms. The first-order chi connectivity index (χ1) is 18.0. The smallest absolute Gasteiger partial charge is 0.234 e. The van der Waals surface area contributed by atoms with Crippen LogP contribution < -0.4 is 15.1 Å². The average molecular weight is 541 g/mol. The van der Waals surface area contributed by atoms with E-state index in [2.05, 4.69) is 20.4 Å². The Kier molecular flexibility index (Phi) is 7.65. The molecule has 2 aliphatic heterocycles. The van der Waals surface area contributed by atoms with Crippen molar-refractivity contribution in [3.63, 3.8) is 0 Å². The van der Waals surface area contributed by atoms with Gasteiger partial charge in [0.15, 0.2) is 4.34 Å². The van der Waals surface area contributed by atoms with Crippen molar-refractivity contribution in [3.8, 4) is 0 Å². The van der Waals surface area contributed by atoms with E-state index < -0.39 is 5.92 Å². The number of carbonyl (C=O) groups excluding carboxylic acids is 3. The number of anilines is 3. The maximum absolute atomic E-state index is 13.2. The number of aromatic nitrogens is 2. The van der Waals surface area contributed by atoms with E-state index in [1.807, 2.05) is 30.3 Å². The molecule has 2 aliphatic rings. The van der Waals surface area contributed by atoms with E-state index in [1.54, 1.807) is 21.9 Å². The molecular weight excluding hydrogens is 515 g/mol. The SMILES string of the molecule is O=C(CSc1nnc(N2CCN(C(=O)C3CC(=O)N(c4ccc(F)cc4)C3)CC2)s1)Nc1ccccc1. The highest BCUT2D eigenvalue weighted by Gasteiger charge is 2.38. The van der Waals surface area contributed by atoms with Gasteiger partial charge in [-0.05, 0) is 36.4 Å². The van der Waals surface area contributed by atoms with Gasteiger partial charge in [-0.15, -0.1) is 10.2 Å². The van der Waals surface area contributed by atoms with Gasteiger partial charge in [0.05, 0.1) is 11.7 Å². The van der Waals surface area contributed by atoms with Gasteiger partial charge in [0, 0.05) is 50.5 Å². The van der Waals surface area contributed by atoms with Crippen molar-refractivity contribution < 1.29 is 18.8 Å². The zero-order valence-electron chi connectivity index (χ0n) is 19.9. The van der Waals surface area contributed by atoms with E-state index in [0.717, 1.165) is 10.8 Å². The molecule has 0 radical (unpaired) electrons. The number of nitrogens with zero attached hydrogens (tertiary/aromatic N) is 5. The molecular formula is C25H25FN6O3S2. The maximum Gasteiger partial charge on any atom is 0.234 e. The first kappa shape index (κ1) is 25.2. The Bertz CT molecular complexity index is 1260. The molecule has 1 unspecified atom stereocenters. The van der Waals surface area contributed by atoms with Crippen molar-refractivity contribution in [3.05, 3.63) is 60.4 Å². The summed E-state index contributed by atoms with van der Waals surface area (Å²) in [5.41, 5.74) is 1.36. The Balaban J connectivity index is 1.09. The Hall–Kier alpha value is -3.51. The van der Waals surface area contributed by atoms with E-state index in [4.69, 9.17) is 0 Å². The van der Waals surface area contributed by atoms with Gasteiger partial charge >= 0.3 is 0 Å². The van der Waals surface area contributed by atoms with Crippen LogP contribution in [-0.2, 0) is 14.4 Å². The second-order valence-electron chi connectivity index (χ2n) is 8.75. The minimum atomic E-state index is -0.407. The van der Waals surface area contributed by atoms with Gasteiger partial charge in [-0.25, -0.2) is 4.39 Å². The Labute approximate surface area is 221 Å². The fourth-order valence-corrected chi connectivity index (χ4v) is 6.05. The van der Waals surface area contributed by atoms with Crippen molar-refractivity contribution in [1.29, 1.82) is 0 Å².